The van der Waals surface area contributed by atoms with Crippen LogP contribution in [0.4, 0.5) is 0 Å². The highest BCUT2D eigenvalue weighted by molar-refractivity contribution is 5.26. The van der Waals surface area contributed by atoms with Crippen molar-refractivity contribution in [2.24, 2.45) is 0 Å². The van der Waals surface area contributed by atoms with E-state index in [2.05, 4.69) is 0 Å². The second-order valence-electron chi connectivity index (χ2n) is 4.02. The van der Waals surface area contributed by atoms with E-state index in [1.165, 1.54) is 12.1 Å². The first kappa shape index (κ1) is 12.5. The Balaban J connectivity index is 2.43. The number of hydrogen-bond donors (Lipinski definition) is 2. The van der Waals surface area contributed by atoms with Crippen LogP contribution in [0, 0.1) is 0 Å². The van der Waals surface area contributed by atoms with Gasteiger partial charge in [-0.05, 0) is 5.56 Å². The minimum Gasteiger partial charge on any atom is -0.395 e. The highest BCUT2D eigenvalue weighted by Gasteiger charge is 2.13. The van der Waals surface area contributed by atoms with Crippen molar-refractivity contribution in [3.05, 3.63) is 70.1 Å². The van der Waals surface area contributed by atoms with Gasteiger partial charge in [0.15, 0.2) is 5.43 Å². The van der Waals surface area contributed by atoms with Crippen molar-refractivity contribution in [2.75, 3.05) is 6.61 Å². The van der Waals surface area contributed by atoms with Crippen LogP contribution in [-0.4, -0.2) is 21.4 Å². The number of rotatable bonds is 4. The Morgan fingerprint density at radius 3 is 2.56 bits per heavy atom. The third-order valence-electron chi connectivity index (χ3n) is 2.78. The number of pyridine rings is 1. The van der Waals surface area contributed by atoms with Gasteiger partial charge in [0.05, 0.1) is 12.3 Å². The summed E-state index contributed by atoms with van der Waals surface area (Å²) in [5.41, 5.74) is 1.05. The standard InChI is InChI=1S/C14H15NO3/c16-9-8-15-7-6-12(17)10-13(15)14(18)11-4-2-1-3-5-11/h1-7,10,14,16,18H,8-9H2. The Labute approximate surface area is 105 Å². The summed E-state index contributed by atoms with van der Waals surface area (Å²) in [6.45, 7) is 0.302. The third-order valence-corrected chi connectivity index (χ3v) is 2.78. The van der Waals surface area contributed by atoms with Crippen molar-refractivity contribution in [3.8, 4) is 0 Å². The maximum Gasteiger partial charge on any atom is 0.181 e. The second kappa shape index (κ2) is 5.62. The molecule has 0 saturated carbocycles. The third kappa shape index (κ3) is 2.67. The van der Waals surface area contributed by atoms with Crippen molar-refractivity contribution < 1.29 is 10.2 Å². The van der Waals surface area contributed by atoms with Crippen LogP contribution in [0.2, 0.25) is 0 Å². The Morgan fingerprint density at radius 1 is 1.17 bits per heavy atom. The van der Waals surface area contributed by atoms with Crippen LogP contribution in [-0.2, 0) is 6.54 Å². The van der Waals surface area contributed by atoms with Gasteiger partial charge in [0.1, 0.15) is 6.10 Å². The molecule has 1 heterocycles. The summed E-state index contributed by atoms with van der Waals surface area (Å²) in [4.78, 5) is 11.4. The molecule has 0 amide bonds. The first-order valence-electron chi connectivity index (χ1n) is 5.76. The van der Waals surface area contributed by atoms with E-state index in [4.69, 9.17) is 5.11 Å². The van der Waals surface area contributed by atoms with Gasteiger partial charge in [-0.1, -0.05) is 30.3 Å². The van der Waals surface area contributed by atoms with E-state index in [1.54, 1.807) is 22.9 Å². The van der Waals surface area contributed by atoms with Gasteiger partial charge in [0.25, 0.3) is 0 Å². The van der Waals surface area contributed by atoms with Crippen molar-refractivity contribution in [2.45, 2.75) is 12.6 Å². The minimum absolute atomic E-state index is 0.0443. The largest absolute Gasteiger partial charge is 0.395 e. The van der Waals surface area contributed by atoms with Crippen molar-refractivity contribution in [1.29, 1.82) is 0 Å². The van der Waals surface area contributed by atoms with E-state index in [0.717, 1.165) is 5.56 Å². The number of hydrogen-bond acceptors (Lipinski definition) is 3. The summed E-state index contributed by atoms with van der Waals surface area (Å²) in [5, 5.41) is 19.3. The van der Waals surface area contributed by atoms with Crippen LogP contribution in [0.5, 0.6) is 0 Å². The smallest absolute Gasteiger partial charge is 0.181 e. The predicted molar refractivity (Wildman–Crippen MR) is 68.3 cm³/mol. The molecule has 0 radical (unpaired) electrons. The van der Waals surface area contributed by atoms with Crippen LogP contribution in [0.25, 0.3) is 0 Å². The summed E-state index contributed by atoms with van der Waals surface area (Å²) < 4.78 is 1.68. The molecule has 18 heavy (non-hydrogen) atoms. The van der Waals surface area contributed by atoms with Crippen molar-refractivity contribution in [1.82, 2.24) is 4.57 Å². The summed E-state index contributed by atoms with van der Waals surface area (Å²) in [6.07, 6.45) is 0.715. The quantitative estimate of drug-likeness (QED) is 0.842. The van der Waals surface area contributed by atoms with E-state index in [1.807, 2.05) is 18.2 Å². The molecule has 0 bridgehead atoms. The zero-order chi connectivity index (χ0) is 13.0. The van der Waals surface area contributed by atoms with Gasteiger partial charge in [-0.3, -0.25) is 4.79 Å². The van der Waals surface area contributed by atoms with Gasteiger partial charge in [-0.2, -0.15) is 0 Å². The van der Waals surface area contributed by atoms with Gasteiger partial charge in [-0.25, -0.2) is 0 Å². The molecule has 0 spiro atoms. The Bertz CT molecular complexity index is 563. The van der Waals surface area contributed by atoms with Gasteiger partial charge >= 0.3 is 0 Å². The van der Waals surface area contributed by atoms with Crippen LogP contribution >= 0.6 is 0 Å². The molecule has 94 valence electrons. The van der Waals surface area contributed by atoms with Gasteiger partial charge in [-0.15, -0.1) is 0 Å². The number of aliphatic hydroxyl groups excluding tert-OH is 2. The van der Waals surface area contributed by atoms with E-state index in [0.29, 0.717) is 12.2 Å². The van der Waals surface area contributed by atoms with Gasteiger partial charge in [0, 0.05) is 24.9 Å². The van der Waals surface area contributed by atoms with E-state index in [-0.39, 0.29) is 12.0 Å². The fraction of sp³-hybridized carbons (Fsp3) is 0.214. The molecular weight excluding hydrogens is 230 g/mol. The molecule has 0 fully saturated rings. The lowest BCUT2D eigenvalue weighted by molar-refractivity contribution is 0.202. The highest BCUT2D eigenvalue weighted by Crippen LogP contribution is 2.20. The molecule has 1 aromatic heterocycles. The molecule has 0 aliphatic heterocycles. The summed E-state index contributed by atoms with van der Waals surface area (Å²) in [7, 11) is 0. The fourth-order valence-electron chi connectivity index (χ4n) is 1.88. The highest BCUT2D eigenvalue weighted by atomic mass is 16.3. The molecule has 1 aromatic carbocycles. The molecule has 1 unspecified atom stereocenters. The fourth-order valence-corrected chi connectivity index (χ4v) is 1.88. The zero-order valence-corrected chi connectivity index (χ0v) is 9.86. The number of aromatic nitrogens is 1. The van der Waals surface area contributed by atoms with E-state index >= 15 is 0 Å². The van der Waals surface area contributed by atoms with Crippen molar-refractivity contribution >= 4 is 0 Å². The van der Waals surface area contributed by atoms with Crippen LogP contribution in [0.3, 0.4) is 0 Å². The predicted octanol–water partition coefficient (Wildman–Crippen LogP) is 0.922. The zero-order valence-electron chi connectivity index (χ0n) is 9.86. The molecule has 2 rings (SSSR count). The Morgan fingerprint density at radius 2 is 1.89 bits per heavy atom. The molecule has 0 aliphatic rings. The van der Waals surface area contributed by atoms with E-state index in [9.17, 15) is 9.90 Å². The average Bonchev–Trinajstić information content (AvgIpc) is 2.41. The van der Waals surface area contributed by atoms with E-state index < -0.39 is 6.10 Å². The summed E-state index contributed by atoms with van der Waals surface area (Å²) >= 11 is 0. The molecule has 0 aliphatic carbocycles. The van der Waals surface area contributed by atoms with Crippen LogP contribution in [0.15, 0.2) is 53.5 Å². The lowest BCUT2D eigenvalue weighted by atomic mass is 10.1. The lowest BCUT2D eigenvalue weighted by Gasteiger charge is -2.17. The topological polar surface area (TPSA) is 62.5 Å². The first-order chi connectivity index (χ1) is 8.72. The number of nitrogens with zero attached hydrogens (tertiary/aromatic N) is 1. The summed E-state index contributed by atoms with van der Waals surface area (Å²) in [5.74, 6) is 0. The normalized spacial score (nSPS) is 12.3. The van der Waals surface area contributed by atoms with Crippen molar-refractivity contribution in [3.63, 3.8) is 0 Å². The molecule has 4 nitrogen and oxygen atoms in total. The average molecular weight is 245 g/mol. The van der Waals surface area contributed by atoms with Gasteiger partial charge < -0.3 is 14.8 Å². The maximum absolute atomic E-state index is 11.4. The van der Waals surface area contributed by atoms with Crippen LogP contribution < -0.4 is 5.43 Å². The Kier molecular flexibility index (Phi) is 3.92. The first-order valence-corrected chi connectivity index (χ1v) is 5.76. The SMILES string of the molecule is O=c1ccn(CCO)c(C(O)c2ccccc2)c1. The summed E-state index contributed by atoms with van der Waals surface area (Å²) in [6, 6.07) is 11.9. The van der Waals surface area contributed by atoms with Gasteiger partial charge in [0.2, 0.25) is 0 Å². The lowest BCUT2D eigenvalue weighted by Crippen LogP contribution is -2.17. The Hall–Kier alpha value is -1.91. The monoisotopic (exact) mass is 245 g/mol. The maximum atomic E-state index is 11.4. The molecule has 4 heteroatoms. The number of aliphatic hydroxyl groups is 2. The second-order valence-corrected chi connectivity index (χ2v) is 4.02. The molecular formula is C14H15NO3. The molecule has 2 N–H and O–H groups in total. The molecule has 2 aromatic rings. The molecule has 0 saturated heterocycles. The minimum atomic E-state index is -0.869. The molecule has 1 atom stereocenters. The number of benzene rings is 1. The van der Waals surface area contributed by atoms with Crippen LogP contribution in [0.1, 0.15) is 17.4 Å².